The van der Waals surface area contributed by atoms with Crippen LogP contribution in [-0.2, 0) is 4.74 Å². The van der Waals surface area contributed by atoms with Gasteiger partial charge in [0.25, 0.3) is 0 Å². The van der Waals surface area contributed by atoms with Crippen molar-refractivity contribution in [3.05, 3.63) is 29.8 Å². The maximum absolute atomic E-state index is 6.05. The van der Waals surface area contributed by atoms with Crippen molar-refractivity contribution >= 4 is 5.69 Å². The molecule has 1 aliphatic rings. The topological polar surface area (TPSA) is 38.5 Å². The van der Waals surface area contributed by atoms with Gasteiger partial charge >= 0.3 is 0 Å². The molecule has 3 nitrogen and oxygen atoms in total. The van der Waals surface area contributed by atoms with Gasteiger partial charge in [-0.05, 0) is 38.3 Å². The molecule has 1 saturated heterocycles. The van der Waals surface area contributed by atoms with Gasteiger partial charge in [-0.1, -0.05) is 18.2 Å². The van der Waals surface area contributed by atoms with E-state index in [0.717, 1.165) is 32.7 Å². The van der Waals surface area contributed by atoms with Crippen LogP contribution in [0.2, 0.25) is 0 Å². The summed E-state index contributed by atoms with van der Waals surface area (Å²) in [5.41, 5.74) is 8.82. The van der Waals surface area contributed by atoms with Gasteiger partial charge < -0.3 is 15.4 Å². The molecule has 0 radical (unpaired) electrons. The highest BCUT2D eigenvalue weighted by atomic mass is 16.5. The van der Waals surface area contributed by atoms with Crippen LogP contribution in [0.3, 0.4) is 0 Å². The van der Waals surface area contributed by atoms with Gasteiger partial charge in [-0.2, -0.15) is 0 Å². The largest absolute Gasteiger partial charge is 0.381 e. The first-order valence-corrected chi connectivity index (χ1v) is 7.29. The highest BCUT2D eigenvalue weighted by Gasteiger charge is 2.33. The van der Waals surface area contributed by atoms with Crippen molar-refractivity contribution < 1.29 is 4.74 Å². The Kier molecular flexibility index (Phi) is 4.83. The average Bonchev–Trinajstić information content (AvgIpc) is 2.47. The lowest BCUT2D eigenvalue weighted by Crippen LogP contribution is -2.48. The molecule has 2 N–H and O–H groups in total. The molecule has 106 valence electrons. The number of benzene rings is 1. The number of nitrogens with zero attached hydrogens (tertiary/aromatic N) is 1. The zero-order chi connectivity index (χ0) is 13.7. The molecule has 1 aliphatic heterocycles. The third-order valence-corrected chi connectivity index (χ3v) is 4.20. The van der Waals surface area contributed by atoms with Gasteiger partial charge in [0.15, 0.2) is 0 Å². The number of anilines is 1. The highest BCUT2D eigenvalue weighted by molar-refractivity contribution is 5.53. The fraction of sp³-hybridized carbons (Fsp3) is 0.625. The Morgan fingerprint density at radius 3 is 2.74 bits per heavy atom. The van der Waals surface area contributed by atoms with Gasteiger partial charge in [0.2, 0.25) is 0 Å². The van der Waals surface area contributed by atoms with Gasteiger partial charge in [0, 0.05) is 37.3 Å². The van der Waals surface area contributed by atoms with Crippen LogP contribution in [0.25, 0.3) is 0 Å². The fourth-order valence-corrected chi connectivity index (χ4v) is 2.95. The van der Waals surface area contributed by atoms with Crippen molar-refractivity contribution in [1.29, 1.82) is 0 Å². The van der Waals surface area contributed by atoms with Crippen molar-refractivity contribution in [2.45, 2.75) is 26.7 Å². The van der Waals surface area contributed by atoms with Crippen LogP contribution < -0.4 is 10.6 Å². The minimum Gasteiger partial charge on any atom is -0.381 e. The average molecular weight is 262 g/mol. The molecule has 0 saturated carbocycles. The number of hydrogen-bond donors (Lipinski definition) is 1. The lowest BCUT2D eigenvalue weighted by atomic mass is 9.82. The van der Waals surface area contributed by atoms with Crippen molar-refractivity contribution in [2.75, 3.05) is 37.7 Å². The predicted molar refractivity (Wildman–Crippen MR) is 80.6 cm³/mol. The summed E-state index contributed by atoms with van der Waals surface area (Å²) < 4.78 is 5.68. The molecule has 1 atom stereocenters. The summed E-state index contributed by atoms with van der Waals surface area (Å²) in [4.78, 5) is 2.44. The third kappa shape index (κ3) is 3.28. The van der Waals surface area contributed by atoms with Crippen molar-refractivity contribution in [3.8, 4) is 0 Å². The van der Waals surface area contributed by atoms with E-state index in [9.17, 15) is 0 Å². The third-order valence-electron chi connectivity index (χ3n) is 4.20. The van der Waals surface area contributed by atoms with E-state index in [4.69, 9.17) is 10.5 Å². The first-order chi connectivity index (χ1) is 9.21. The minimum atomic E-state index is 0.122. The number of aryl methyl sites for hydroxylation is 1. The SMILES string of the molecule is CCN(CC1(CN)CCCOC1)c1ccccc1C. The van der Waals surface area contributed by atoms with Gasteiger partial charge in [0.05, 0.1) is 6.61 Å². The molecule has 3 heteroatoms. The van der Waals surface area contributed by atoms with Crippen LogP contribution in [0.4, 0.5) is 5.69 Å². The number of nitrogens with two attached hydrogens (primary N) is 1. The van der Waals surface area contributed by atoms with E-state index in [1.807, 2.05) is 0 Å². The second-order valence-corrected chi connectivity index (χ2v) is 5.66. The molecule has 1 fully saturated rings. The van der Waals surface area contributed by atoms with Gasteiger partial charge in [-0.15, -0.1) is 0 Å². The summed E-state index contributed by atoms with van der Waals surface area (Å²) in [6.07, 6.45) is 2.30. The van der Waals surface area contributed by atoms with Gasteiger partial charge in [-0.3, -0.25) is 0 Å². The van der Waals surface area contributed by atoms with Crippen molar-refractivity contribution in [3.63, 3.8) is 0 Å². The minimum absolute atomic E-state index is 0.122. The summed E-state index contributed by atoms with van der Waals surface area (Å²) >= 11 is 0. The van der Waals surface area contributed by atoms with E-state index in [1.54, 1.807) is 0 Å². The van der Waals surface area contributed by atoms with Gasteiger partial charge in [0.1, 0.15) is 0 Å². The molecule has 0 spiro atoms. The van der Waals surface area contributed by atoms with Gasteiger partial charge in [-0.25, -0.2) is 0 Å². The number of rotatable bonds is 5. The summed E-state index contributed by atoms with van der Waals surface area (Å²) in [7, 11) is 0. The van der Waals surface area contributed by atoms with Crippen LogP contribution in [0.5, 0.6) is 0 Å². The zero-order valence-corrected chi connectivity index (χ0v) is 12.2. The predicted octanol–water partition coefficient (Wildman–Crippen LogP) is 2.58. The molecule has 0 aromatic heterocycles. The molecule has 1 aromatic rings. The Bertz CT molecular complexity index is 399. The van der Waals surface area contributed by atoms with E-state index < -0.39 is 0 Å². The summed E-state index contributed by atoms with van der Waals surface area (Å²) in [6.45, 7) is 8.77. The van der Waals surface area contributed by atoms with E-state index >= 15 is 0 Å². The maximum Gasteiger partial charge on any atom is 0.0551 e. The summed E-state index contributed by atoms with van der Waals surface area (Å²) in [6, 6.07) is 8.57. The molecule has 0 amide bonds. The Morgan fingerprint density at radius 2 is 2.16 bits per heavy atom. The number of ether oxygens (including phenoxy) is 1. The Morgan fingerprint density at radius 1 is 1.37 bits per heavy atom. The lowest BCUT2D eigenvalue weighted by molar-refractivity contribution is 0.00128. The van der Waals surface area contributed by atoms with Crippen LogP contribution in [0.15, 0.2) is 24.3 Å². The molecule has 1 heterocycles. The highest BCUT2D eigenvalue weighted by Crippen LogP contribution is 2.31. The maximum atomic E-state index is 6.05. The Hall–Kier alpha value is -1.06. The first kappa shape index (κ1) is 14.4. The van der Waals surface area contributed by atoms with E-state index in [1.165, 1.54) is 17.7 Å². The number of hydrogen-bond acceptors (Lipinski definition) is 3. The van der Waals surface area contributed by atoms with E-state index in [2.05, 4.69) is 43.0 Å². The molecule has 0 aliphatic carbocycles. The standard InChI is InChI=1S/C16H26N2O/c1-3-18(15-8-5-4-7-14(15)2)12-16(11-17)9-6-10-19-13-16/h4-5,7-8H,3,6,9-13,17H2,1-2H3. The lowest BCUT2D eigenvalue weighted by Gasteiger charge is -2.41. The second kappa shape index (κ2) is 6.40. The molecule has 1 unspecified atom stereocenters. The molecule has 2 rings (SSSR count). The molecular formula is C16H26N2O. The molecule has 19 heavy (non-hydrogen) atoms. The smallest absolute Gasteiger partial charge is 0.0551 e. The summed E-state index contributed by atoms with van der Waals surface area (Å²) in [5, 5.41) is 0. The quantitative estimate of drug-likeness (QED) is 0.886. The Labute approximate surface area is 116 Å². The monoisotopic (exact) mass is 262 g/mol. The normalized spacial score (nSPS) is 23.3. The van der Waals surface area contributed by atoms with Crippen molar-refractivity contribution in [1.82, 2.24) is 0 Å². The van der Waals surface area contributed by atoms with Crippen LogP contribution in [-0.4, -0.2) is 32.8 Å². The second-order valence-electron chi connectivity index (χ2n) is 5.66. The van der Waals surface area contributed by atoms with Crippen LogP contribution in [0.1, 0.15) is 25.3 Å². The van der Waals surface area contributed by atoms with E-state index in [-0.39, 0.29) is 5.41 Å². The van der Waals surface area contributed by atoms with Crippen LogP contribution >= 0.6 is 0 Å². The molecule has 1 aromatic carbocycles. The van der Waals surface area contributed by atoms with Crippen molar-refractivity contribution in [2.24, 2.45) is 11.1 Å². The molecular weight excluding hydrogens is 236 g/mol. The first-order valence-electron chi connectivity index (χ1n) is 7.29. The Balaban J connectivity index is 2.16. The number of para-hydroxylation sites is 1. The molecule has 0 bridgehead atoms. The fourth-order valence-electron chi connectivity index (χ4n) is 2.95. The van der Waals surface area contributed by atoms with E-state index in [0.29, 0.717) is 6.54 Å². The summed E-state index contributed by atoms with van der Waals surface area (Å²) in [5.74, 6) is 0. The van der Waals surface area contributed by atoms with Crippen LogP contribution in [0, 0.1) is 12.3 Å². The zero-order valence-electron chi connectivity index (χ0n) is 12.2.